The first-order chi connectivity index (χ1) is 11.2. The van der Waals surface area contributed by atoms with Crippen molar-refractivity contribution in [2.24, 2.45) is 4.99 Å². The second-order valence-electron chi connectivity index (χ2n) is 5.68. The molecule has 1 atom stereocenters. The van der Waals surface area contributed by atoms with E-state index in [1.165, 1.54) is 15.4 Å². The van der Waals surface area contributed by atoms with Gasteiger partial charge in [-0.3, -0.25) is 4.99 Å². The van der Waals surface area contributed by atoms with Gasteiger partial charge in [-0.2, -0.15) is 0 Å². The lowest BCUT2D eigenvalue weighted by Gasteiger charge is -2.17. The van der Waals surface area contributed by atoms with Crippen LogP contribution >= 0.6 is 35.3 Å². The maximum atomic E-state index is 4.38. The van der Waals surface area contributed by atoms with Crippen molar-refractivity contribution in [1.29, 1.82) is 0 Å². The Bertz CT molecular complexity index is 612. The molecule has 24 heavy (non-hydrogen) atoms. The molecule has 0 aliphatic rings. The number of nitrogens with zero attached hydrogens (tertiary/aromatic N) is 2. The van der Waals surface area contributed by atoms with Crippen LogP contribution in [-0.4, -0.2) is 30.6 Å². The predicted molar refractivity (Wildman–Crippen MR) is 115 cm³/mol. The normalized spacial score (nSPS) is 12.4. The van der Waals surface area contributed by atoms with E-state index >= 15 is 0 Å². The van der Waals surface area contributed by atoms with Crippen molar-refractivity contribution in [3.05, 3.63) is 52.0 Å². The van der Waals surface area contributed by atoms with Crippen molar-refractivity contribution in [2.45, 2.75) is 39.2 Å². The molecule has 4 nitrogen and oxygen atoms in total. The van der Waals surface area contributed by atoms with Gasteiger partial charge >= 0.3 is 0 Å². The van der Waals surface area contributed by atoms with Crippen LogP contribution in [0.2, 0.25) is 0 Å². The molecule has 0 saturated carbocycles. The number of halogens is 1. The van der Waals surface area contributed by atoms with Crippen LogP contribution in [0.5, 0.6) is 0 Å². The Labute approximate surface area is 166 Å². The lowest BCUT2D eigenvalue weighted by atomic mass is 10.1. The van der Waals surface area contributed by atoms with Gasteiger partial charge in [-0.25, -0.2) is 4.98 Å². The van der Waals surface area contributed by atoms with Crippen LogP contribution < -0.4 is 10.6 Å². The fourth-order valence-electron chi connectivity index (χ4n) is 2.33. The number of aromatic nitrogens is 1. The molecule has 2 N–H and O–H groups in total. The van der Waals surface area contributed by atoms with E-state index in [2.05, 4.69) is 64.8 Å². The number of thiazole rings is 1. The number of rotatable bonds is 7. The van der Waals surface area contributed by atoms with Gasteiger partial charge in [-0.1, -0.05) is 30.3 Å². The second kappa shape index (κ2) is 11.4. The molecular weight excluding hydrogens is 431 g/mol. The van der Waals surface area contributed by atoms with Crippen LogP contribution in [0.3, 0.4) is 0 Å². The first kappa shape index (κ1) is 20.9. The van der Waals surface area contributed by atoms with Gasteiger partial charge in [0.2, 0.25) is 0 Å². The molecule has 0 aliphatic carbocycles. The van der Waals surface area contributed by atoms with Crippen molar-refractivity contribution in [1.82, 2.24) is 15.6 Å². The second-order valence-corrected chi connectivity index (χ2v) is 7.00. The molecule has 2 rings (SSSR count). The van der Waals surface area contributed by atoms with Gasteiger partial charge in [0.1, 0.15) is 0 Å². The Kier molecular flexibility index (Phi) is 9.94. The zero-order valence-corrected chi connectivity index (χ0v) is 17.7. The zero-order chi connectivity index (χ0) is 16.5. The summed E-state index contributed by atoms with van der Waals surface area (Å²) in [5.41, 5.74) is 1.38. The highest BCUT2D eigenvalue weighted by molar-refractivity contribution is 14.0. The minimum atomic E-state index is 0. The van der Waals surface area contributed by atoms with Crippen molar-refractivity contribution in [2.75, 3.05) is 13.6 Å². The van der Waals surface area contributed by atoms with E-state index in [9.17, 15) is 0 Å². The van der Waals surface area contributed by atoms with Crippen molar-refractivity contribution >= 4 is 41.3 Å². The molecular formula is C18H27IN4S. The SMILES string of the molecule is CN=C(NCCc1ncc(C)s1)NC(C)CCc1ccccc1.I. The summed E-state index contributed by atoms with van der Waals surface area (Å²) in [5.74, 6) is 0.860. The van der Waals surface area contributed by atoms with Crippen molar-refractivity contribution < 1.29 is 0 Å². The summed E-state index contributed by atoms with van der Waals surface area (Å²) in [6.07, 6.45) is 5.01. The average Bonchev–Trinajstić information content (AvgIpc) is 2.98. The Morgan fingerprint density at radius 2 is 2.00 bits per heavy atom. The minimum absolute atomic E-state index is 0. The average molecular weight is 458 g/mol. The third-order valence-electron chi connectivity index (χ3n) is 3.62. The largest absolute Gasteiger partial charge is 0.356 e. The molecule has 1 heterocycles. The third kappa shape index (κ3) is 7.61. The van der Waals surface area contributed by atoms with E-state index in [1.807, 2.05) is 13.2 Å². The molecule has 0 radical (unpaired) electrons. The molecule has 6 heteroatoms. The van der Waals surface area contributed by atoms with Crippen LogP contribution in [0.25, 0.3) is 0 Å². The molecule has 0 amide bonds. The monoisotopic (exact) mass is 458 g/mol. The lowest BCUT2D eigenvalue weighted by molar-refractivity contribution is 0.593. The van der Waals surface area contributed by atoms with E-state index in [-0.39, 0.29) is 24.0 Å². The molecule has 0 bridgehead atoms. The van der Waals surface area contributed by atoms with E-state index in [4.69, 9.17) is 0 Å². The van der Waals surface area contributed by atoms with Gasteiger partial charge in [0, 0.05) is 37.1 Å². The summed E-state index contributed by atoms with van der Waals surface area (Å²) >= 11 is 1.76. The number of aliphatic imine (C=N–C) groups is 1. The number of hydrogen-bond donors (Lipinski definition) is 2. The van der Waals surface area contributed by atoms with Crippen LogP contribution in [-0.2, 0) is 12.8 Å². The van der Waals surface area contributed by atoms with Crippen LogP contribution in [0.1, 0.15) is 28.8 Å². The van der Waals surface area contributed by atoms with E-state index in [0.717, 1.165) is 31.8 Å². The summed E-state index contributed by atoms with van der Waals surface area (Å²) in [7, 11) is 1.81. The Morgan fingerprint density at radius 3 is 2.62 bits per heavy atom. The van der Waals surface area contributed by atoms with E-state index in [0.29, 0.717) is 6.04 Å². The quantitative estimate of drug-likeness (QED) is 0.377. The number of guanidine groups is 1. The van der Waals surface area contributed by atoms with Gasteiger partial charge < -0.3 is 10.6 Å². The molecule has 1 unspecified atom stereocenters. The van der Waals surface area contributed by atoms with Crippen LogP contribution in [0.15, 0.2) is 41.5 Å². The number of aryl methyl sites for hydroxylation is 2. The maximum absolute atomic E-state index is 4.38. The number of benzene rings is 1. The predicted octanol–water partition coefficient (Wildman–Crippen LogP) is 3.80. The maximum Gasteiger partial charge on any atom is 0.191 e. The first-order valence-electron chi connectivity index (χ1n) is 8.10. The summed E-state index contributed by atoms with van der Waals surface area (Å²) in [6, 6.07) is 11.0. The summed E-state index contributed by atoms with van der Waals surface area (Å²) < 4.78 is 0. The number of nitrogens with one attached hydrogen (secondary N) is 2. The molecule has 0 aliphatic heterocycles. The fourth-order valence-corrected chi connectivity index (χ4v) is 3.12. The molecule has 2 aromatic rings. The zero-order valence-electron chi connectivity index (χ0n) is 14.6. The van der Waals surface area contributed by atoms with Gasteiger partial charge in [0.15, 0.2) is 5.96 Å². The fraction of sp³-hybridized carbons (Fsp3) is 0.444. The minimum Gasteiger partial charge on any atom is -0.356 e. The highest BCUT2D eigenvalue weighted by Crippen LogP contribution is 2.10. The molecule has 1 aromatic heterocycles. The highest BCUT2D eigenvalue weighted by atomic mass is 127. The summed E-state index contributed by atoms with van der Waals surface area (Å²) in [4.78, 5) is 9.94. The third-order valence-corrected chi connectivity index (χ3v) is 4.59. The van der Waals surface area contributed by atoms with Gasteiger partial charge in [-0.05, 0) is 32.3 Å². The standard InChI is InChI=1S/C18H26N4S.HI/c1-14(9-10-16-7-5-4-6-8-16)22-18(19-3)20-12-11-17-21-13-15(2)23-17;/h4-8,13-14H,9-12H2,1-3H3,(H2,19,20,22);1H. The molecule has 0 spiro atoms. The summed E-state index contributed by atoms with van der Waals surface area (Å²) in [5, 5.41) is 7.98. The molecule has 1 aromatic carbocycles. The van der Waals surface area contributed by atoms with Gasteiger partial charge in [0.05, 0.1) is 5.01 Å². The smallest absolute Gasteiger partial charge is 0.191 e. The van der Waals surface area contributed by atoms with E-state index < -0.39 is 0 Å². The van der Waals surface area contributed by atoms with Crippen LogP contribution in [0, 0.1) is 6.92 Å². The number of hydrogen-bond acceptors (Lipinski definition) is 3. The van der Waals surface area contributed by atoms with Crippen molar-refractivity contribution in [3.63, 3.8) is 0 Å². The lowest BCUT2D eigenvalue weighted by Crippen LogP contribution is -2.43. The Balaban J connectivity index is 0.00000288. The Hall–Kier alpha value is -1.15. The van der Waals surface area contributed by atoms with Crippen LogP contribution in [0.4, 0.5) is 0 Å². The first-order valence-corrected chi connectivity index (χ1v) is 8.91. The molecule has 0 fully saturated rings. The van der Waals surface area contributed by atoms with Crippen molar-refractivity contribution in [3.8, 4) is 0 Å². The highest BCUT2D eigenvalue weighted by Gasteiger charge is 2.06. The topological polar surface area (TPSA) is 49.3 Å². The molecule has 0 saturated heterocycles. The van der Waals surface area contributed by atoms with Gasteiger partial charge in [0.25, 0.3) is 0 Å². The summed E-state index contributed by atoms with van der Waals surface area (Å²) in [6.45, 7) is 5.13. The van der Waals surface area contributed by atoms with E-state index in [1.54, 1.807) is 11.3 Å². The Morgan fingerprint density at radius 1 is 1.25 bits per heavy atom. The van der Waals surface area contributed by atoms with Gasteiger partial charge in [-0.15, -0.1) is 35.3 Å². The molecule has 132 valence electrons.